The number of rotatable bonds is 10. The van der Waals surface area contributed by atoms with Gasteiger partial charge in [0, 0.05) is 17.6 Å². The highest BCUT2D eigenvalue weighted by Crippen LogP contribution is 2.72. The lowest BCUT2D eigenvalue weighted by molar-refractivity contribution is 0.102. The number of hydrogen-bond acceptors (Lipinski definition) is 6. The molecule has 6 nitrogen and oxygen atoms in total. The molecule has 0 radical (unpaired) electrons. The Labute approximate surface area is 139 Å². The third kappa shape index (κ3) is 5.34. The van der Waals surface area contributed by atoms with Crippen LogP contribution in [-0.2, 0) is 27.2 Å². The van der Waals surface area contributed by atoms with Gasteiger partial charge in [-0.15, -0.1) is 34.8 Å². The van der Waals surface area contributed by atoms with Gasteiger partial charge in [-0.3, -0.25) is 13.7 Å². The highest BCUT2D eigenvalue weighted by Gasteiger charge is 2.57. The molecule has 21 heavy (non-hydrogen) atoms. The van der Waals surface area contributed by atoms with Crippen LogP contribution < -0.4 is 0 Å². The molecule has 0 amide bonds. The molecule has 126 valence electrons. The third-order valence-corrected chi connectivity index (χ3v) is 7.96. The lowest BCUT2D eigenvalue weighted by Gasteiger charge is -2.31. The molecule has 0 saturated carbocycles. The van der Waals surface area contributed by atoms with Gasteiger partial charge < -0.3 is 13.6 Å². The van der Waals surface area contributed by atoms with Crippen LogP contribution in [0.2, 0.25) is 0 Å². The zero-order valence-electron chi connectivity index (χ0n) is 11.6. The molecule has 1 rings (SSSR count). The molecule has 0 spiro atoms. The Kier molecular flexibility index (Phi) is 8.53. The first-order chi connectivity index (χ1) is 9.85. The molecular weight excluding hydrogens is 384 g/mol. The van der Waals surface area contributed by atoms with Crippen LogP contribution in [0.4, 0.5) is 0 Å². The maximum absolute atomic E-state index is 12.9. The molecule has 0 aromatic heterocycles. The van der Waals surface area contributed by atoms with Crippen molar-refractivity contribution in [2.45, 2.75) is 18.7 Å². The lowest BCUT2D eigenvalue weighted by Crippen LogP contribution is -2.26. The average Bonchev–Trinajstić information content (AvgIpc) is 2.78. The van der Waals surface area contributed by atoms with Gasteiger partial charge in [0.2, 0.25) is 0 Å². The van der Waals surface area contributed by atoms with Gasteiger partial charge in [0.25, 0.3) is 0 Å². The van der Waals surface area contributed by atoms with Gasteiger partial charge in [-0.2, -0.15) is 0 Å². The molecule has 0 aromatic carbocycles. The maximum atomic E-state index is 12.9. The minimum absolute atomic E-state index is 0.0207. The Balaban J connectivity index is 2.86. The Morgan fingerprint density at radius 2 is 1.67 bits per heavy atom. The summed E-state index contributed by atoms with van der Waals surface area (Å²) in [7, 11) is -7.05. The second-order valence-electron chi connectivity index (χ2n) is 4.41. The monoisotopic (exact) mass is 402 g/mol. The van der Waals surface area contributed by atoms with E-state index in [2.05, 4.69) is 0 Å². The molecule has 11 heteroatoms. The van der Waals surface area contributed by atoms with Gasteiger partial charge in [0.1, 0.15) is 0 Å². The van der Waals surface area contributed by atoms with E-state index >= 15 is 0 Å². The van der Waals surface area contributed by atoms with Gasteiger partial charge >= 0.3 is 15.2 Å². The van der Waals surface area contributed by atoms with E-state index in [0.29, 0.717) is 0 Å². The second-order valence-corrected chi connectivity index (χ2v) is 10.1. The molecule has 0 bridgehead atoms. The Bertz CT molecular complexity index is 412. The van der Waals surface area contributed by atoms with Crippen molar-refractivity contribution >= 4 is 50.0 Å². The van der Waals surface area contributed by atoms with E-state index in [4.69, 9.17) is 52.9 Å². The first kappa shape index (κ1) is 20.2. The molecule has 1 aliphatic rings. The van der Waals surface area contributed by atoms with Crippen LogP contribution in [0.5, 0.6) is 0 Å². The van der Waals surface area contributed by atoms with Crippen LogP contribution in [0.15, 0.2) is 0 Å². The molecule has 1 saturated heterocycles. The largest absolute Gasteiger partial charge is 0.362 e. The molecule has 0 aromatic rings. The van der Waals surface area contributed by atoms with Crippen molar-refractivity contribution in [1.82, 2.24) is 0 Å². The van der Waals surface area contributed by atoms with E-state index in [9.17, 15) is 9.13 Å². The van der Waals surface area contributed by atoms with Crippen LogP contribution in [0.3, 0.4) is 0 Å². The van der Waals surface area contributed by atoms with E-state index in [1.54, 1.807) is 0 Å². The first-order valence-electron chi connectivity index (χ1n) is 6.36. The van der Waals surface area contributed by atoms with Crippen LogP contribution in [-0.4, -0.2) is 49.0 Å². The smallest absolute Gasteiger partial charge is 0.307 e. The summed E-state index contributed by atoms with van der Waals surface area (Å²) in [6.45, 7) is 1.66. The Morgan fingerprint density at radius 3 is 2.14 bits per heavy atom. The Hall–Kier alpha value is 1.17. The van der Waals surface area contributed by atoms with Gasteiger partial charge in [-0.25, -0.2) is 0 Å². The molecular formula is C10H19Cl3O6P2. The summed E-state index contributed by atoms with van der Waals surface area (Å²) in [4.78, 5) is 0. The van der Waals surface area contributed by atoms with Gasteiger partial charge in [0.05, 0.1) is 26.0 Å². The normalized spacial score (nSPS) is 29.9. The topological polar surface area (TPSA) is 71.1 Å². The molecule has 0 N–H and O–H groups in total. The average molecular weight is 404 g/mol. The second kappa shape index (κ2) is 8.86. The van der Waals surface area contributed by atoms with Gasteiger partial charge in [-0.05, 0) is 13.3 Å². The van der Waals surface area contributed by atoms with E-state index in [1.165, 1.54) is 6.92 Å². The van der Waals surface area contributed by atoms with Crippen molar-refractivity contribution in [2.75, 3.05) is 43.6 Å². The van der Waals surface area contributed by atoms with Gasteiger partial charge in [0.15, 0.2) is 5.34 Å². The SMILES string of the molecule is CC1(P(=O)(OCCCl)OCCCl)CCP(=O)(OCCCl)O1. The summed E-state index contributed by atoms with van der Waals surface area (Å²) in [5, 5.41) is -1.35. The molecule has 0 aliphatic carbocycles. The lowest BCUT2D eigenvalue weighted by atomic mass is 10.3. The minimum Gasteiger partial charge on any atom is -0.307 e. The van der Waals surface area contributed by atoms with Crippen molar-refractivity contribution in [3.63, 3.8) is 0 Å². The van der Waals surface area contributed by atoms with E-state index < -0.39 is 20.5 Å². The van der Waals surface area contributed by atoms with Crippen LogP contribution in [0.25, 0.3) is 0 Å². The minimum atomic E-state index is -3.70. The molecule has 1 aliphatic heterocycles. The van der Waals surface area contributed by atoms with Crippen LogP contribution in [0.1, 0.15) is 13.3 Å². The number of alkyl halides is 3. The van der Waals surface area contributed by atoms with Crippen LogP contribution in [0, 0.1) is 0 Å². The maximum Gasteiger partial charge on any atom is 0.362 e. The van der Waals surface area contributed by atoms with Crippen LogP contribution >= 0.6 is 50.0 Å². The Morgan fingerprint density at radius 1 is 1.14 bits per heavy atom. The fraction of sp³-hybridized carbons (Fsp3) is 1.00. The van der Waals surface area contributed by atoms with Crippen molar-refractivity contribution in [3.05, 3.63) is 0 Å². The quantitative estimate of drug-likeness (QED) is 0.401. The van der Waals surface area contributed by atoms with E-state index in [0.717, 1.165) is 0 Å². The highest BCUT2D eigenvalue weighted by atomic mass is 35.5. The fourth-order valence-electron chi connectivity index (χ4n) is 1.81. The predicted octanol–water partition coefficient (Wildman–Crippen LogP) is 4.28. The zero-order chi connectivity index (χ0) is 16.0. The highest BCUT2D eigenvalue weighted by molar-refractivity contribution is 7.59. The number of hydrogen-bond donors (Lipinski definition) is 0. The van der Waals surface area contributed by atoms with E-state index in [1.807, 2.05) is 0 Å². The van der Waals surface area contributed by atoms with Crippen molar-refractivity contribution in [2.24, 2.45) is 0 Å². The molecule has 1 heterocycles. The first-order valence-corrected chi connectivity index (χ1v) is 11.2. The number of halogens is 3. The summed E-state index contributed by atoms with van der Waals surface area (Å²) in [6, 6.07) is 0. The molecule has 1 fully saturated rings. The van der Waals surface area contributed by atoms with Crippen molar-refractivity contribution in [1.29, 1.82) is 0 Å². The molecule has 2 atom stereocenters. The van der Waals surface area contributed by atoms with Gasteiger partial charge in [-0.1, -0.05) is 0 Å². The summed E-state index contributed by atoms with van der Waals surface area (Å²) >= 11 is 16.6. The summed E-state index contributed by atoms with van der Waals surface area (Å²) in [5.74, 6) is 0.475. The summed E-state index contributed by atoms with van der Waals surface area (Å²) in [5.41, 5.74) is 0. The summed E-state index contributed by atoms with van der Waals surface area (Å²) < 4.78 is 46.5. The van der Waals surface area contributed by atoms with Crippen molar-refractivity contribution < 1.29 is 27.2 Å². The molecule has 2 unspecified atom stereocenters. The van der Waals surface area contributed by atoms with Crippen molar-refractivity contribution in [3.8, 4) is 0 Å². The zero-order valence-corrected chi connectivity index (χ0v) is 15.7. The predicted molar refractivity (Wildman–Crippen MR) is 84.2 cm³/mol. The third-order valence-electron chi connectivity index (χ3n) is 2.81. The van der Waals surface area contributed by atoms with E-state index in [-0.39, 0.29) is 50.0 Å². The summed E-state index contributed by atoms with van der Waals surface area (Å²) in [6.07, 6.45) is 0.341. The standard InChI is InChI=1S/C10H19Cl3O6P2/c1-10(2-9-20(14,19-10)16-6-3-11)21(15,17-7-4-12)18-8-5-13/h2-9H2,1H3. The fourth-order valence-corrected chi connectivity index (χ4v) is 7.01.